The van der Waals surface area contributed by atoms with Crippen molar-refractivity contribution in [3.8, 4) is 0 Å². The minimum atomic E-state index is -1.14. The van der Waals surface area contributed by atoms with Crippen molar-refractivity contribution in [2.24, 2.45) is 0 Å². The van der Waals surface area contributed by atoms with E-state index in [1.807, 2.05) is 73.7 Å². The van der Waals surface area contributed by atoms with Gasteiger partial charge in [-0.15, -0.1) is 0 Å². The molecule has 0 bridgehead atoms. The van der Waals surface area contributed by atoms with Gasteiger partial charge < -0.3 is 25.5 Å². The summed E-state index contributed by atoms with van der Waals surface area (Å²) in [5.74, 6) is -5.17. The molecule has 0 aliphatic heterocycles. The van der Waals surface area contributed by atoms with Crippen LogP contribution < -0.4 is 0 Å². The molecule has 10 nitrogen and oxygen atoms in total. The number of hydrogen-bond acceptors (Lipinski definition) is 8. The minimum absolute atomic E-state index is 0.0129. The topological polar surface area (TPSA) is 186 Å². The van der Waals surface area contributed by atoms with Gasteiger partial charge in [0.15, 0.2) is 0 Å². The van der Waals surface area contributed by atoms with Crippen molar-refractivity contribution >= 4 is 65.1 Å². The summed E-state index contributed by atoms with van der Waals surface area (Å²) in [6.07, 6.45) is -1.32. The summed E-state index contributed by atoms with van der Waals surface area (Å²) >= 11 is 4.52. The molecule has 0 saturated heterocycles. The molecule has 6 aromatic rings. The lowest BCUT2D eigenvalue weighted by Gasteiger charge is -2.23. The largest absolute Gasteiger partial charge is 0.481 e. The molecular weight excluding hydrogens is 857 g/mol. The van der Waals surface area contributed by atoms with Gasteiger partial charge >= 0.3 is 29.8 Å². The van der Waals surface area contributed by atoms with Crippen LogP contribution in [-0.4, -0.2) is 55.4 Å². The third-order valence-electron chi connectivity index (χ3n) is 9.03. The lowest BCUT2D eigenvalue weighted by Crippen LogP contribution is -2.16. The van der Waals surface area contributed by atoms with E-state index in [-0.39, 0.29) is 19.3 Å². The van der Waals surface area contributed by atoms with E-state index in [0.717, 1.165) is 25.8 Å². The molecule has 0 fully saturated rings. The first-order chi connectivity index (χ1) is 30.0. The van der Waals surface area contributed by atoms with Gasteiger partial charge in [0.2, 0.25) is 0 Å². The molecule has 319 valence electrons. The summed E-state index contributed by atoms with van der Waals surface area (Å²) in [5.41, 5.74) is 4.95. The Morgan fingerprint density at radius 3 is 1.32 bits per heavy atom. The minimum Gasteiger partial charge on any atom is -0.481 e. The van der Waals surface area contributed by atoms with Crippen LogP contribution in [0.25, 0.3) is 0 Å². The molecule has 7 radical (unpaired) electrons. The Morgan fingerprint density at radius 1 is 0.460 bits per heavy atom. The number of carboxylic acid groups (broad SMARTS) is 5. The maximum Gasteiger partial charge on any atom is 0.307 e. The van der Waals surface area contributed by atoms with E-state index in [1.165, 1.54) is 21.6 Å². The number of carboxylic acids is 5. The molecule has 0 atom stereocenters. The van der Waals surface area contributed by atoms with Gasteiger partial charge in [-0.3, -0.25) is 24.0 Å². The highest BCUT2D eigenvalue weighted by Gasteiger charge is 2.25. The van der Waals surface area contributed by atoms with Crippen molar-refractivity contribution < 1.29 is 49.5 Å². The van der Waals surface area contributed by atoms with Crippen LogP contribution in [0.1, 0.15) is 50.1 Å². The van der Waals surface area contributed by atoms with Gasteiger partial charge in [0.25, 0.3) is 0 Å². The van der Waals surface area contributed by atoms with E-state index in [0.29, 0.717) is 43.8 Å². The summed E-state index contributed by atoms with van der Waals surface area (Å²) in [7, 11) is 0. The molecule has 0 spiro atoms. The molecule has 5 N–H and O–H groups in total. The van der Waals surface area contributed by atoms with Gasteiger partial charge in [-0.05, 0) is 175 Å². The van der Waals surface area contributed by atoms with Crippen molar-refractivity contribution in [2.75, 3.05) is 0 Å². The Hall–Kier alpha value is -6.28. The summed E-state index contributed by atoms with van der Waals surface area (Å²) in [6, 6.07) is 46.6. The third-order valence-corrected chi connectivity index (χ3v) is 12.4. The highest BCUT2D eigenvalue weighted by molar-refractivity contribution is 8.00. The molecule has 0 aliphatic carbocycles. The predicted octanol–water partition coefficient (Wildman–Crippen LogP) is 9.48. The normalized spacial score (nSPS) is 10.4. The van der Waals surface area contributed by atoms with Gasteiger partial charge in [0.05, 0.1) is 32.1 Å². The number of aryl methyl sites for hydroxylation is 1. The van der Waals surface area contributed by atoms with Crippen molar-refractivity contribution in [3.63, 3.8) is 0 Å². The van der Waals surface area contributed by atoms with Crippen LogP contribution in [0.4, 0.5) is 0 Å². The first-order valence-electron chi connectivity index (χ1n) is 19.0. The summed E-state index contributed by atoms with van der Waals surface area (Å²) < 4.78 is 0. The molecule has 0 amide bonds. The van der Waals surface area contributed by atoms with E-state index >= 15 is 0 Å². The van der Waals surface area contributed by atoms with Gasteiger partial charge in [-0.1, -0.05) is 65.6 Å². The fourth-order valence-corrected chi connectivity index (χ4v) is 9.09. The first kappa shape index (κ1) is 49.4. The van der Waals surface area contributed by atoms with Gasteiger partial charge in [0.1, 0.15) is 0 Å². The Balaban J connectivity index is 0.000000238. The Bertz CT molecular complexity index is 2490. The summed E-state index contributed by atoms with van der Waals surface area (Å²) in [4.78, 5) is 62.2. The van der Waals surface area contributed by atoms with Crippen LogP contribution in [0.15, 0.2) is 114 Å². The van der Waals surface area contributed by atoms with E-state index in [4.69, 9.17) is 5.11 Å². The zero-order chi connectivity index (χ0) is 46.1. The van der Waals surface area contributed by atoms with Crippen LogP contribution in [0, 0.1) is 70.2 Å². The van der Waals surface area contributed by atoms with Crippen molar-refractivity contribution in [2.45, 2.75) is 89.2 Å². The molecule has 13 heteroatoms. The molecule has 0 unspecified atom stereocenters. The fraction of sp³-hybridized carbons (Fsp3) is 0.180. The Kier molecular flexibility index (Phi) is 19.1. The second-order valence-corrected chi connectivity index (χ2v) is 17.1. The molecule has 63 heavy (non-hydrogen) atoms. The van der Waals surface area contributed by atoms with Crippen LogP contribution in [0.2, 0.25) is 0 Å². The van der Waals surface area contributed by atoms with Gasteiger partial charge in [-0.2, -0.15) is 0 Å². The second kappa shape index (κ2) is 24.4. The molecular formula is C50H41O10S3. The quantitative estimate of drug-likeness (QED) is 0.0619. The molecule has 0 saturated carbocycles. The molecule has 0 heterocycles. The van der Waals surface area contributed by atoms with Crippen molar-refractivity contribution in [3.05, 3.63) is 177 Å². The van der Waals surface area contributed by atoms with Crippen molar-refractivity contribution in [1.82, 2.24) is 0 Å². The van der Waals surface area contributed by atoms with Crippen molar-refractivity contribution in [1.29, 1.82) is 0 Å². The zero-order valence-electron chi connectivity index (χ0n) is 34.6. The Labute approximate surface area is 379 Å². The maximum atomic E-state index is 11.6. The second-order valence-electron chi connectivity index (χ2n) is 13.8. The van der Waals surface area contributed by atoms with Crippen LogP contribution >= 0.6 is 35.3 Å². The third kappa shape index (κ3) is 16.2. The molecule has 0 aromatic heterocycles. The SMILES string of the molecule is Cc1cc(CC(=O)O)c(C)c(Sc2c(C)c(CC(=O)O)c(CC(=O)O)c(C)c2CC(=O)O)c1.O=C(O)Cc1[c]cc(Sc2c[c][c]cc2)cc1.[c]1[c]cc(Sc2c[c][c]cc2)cc1. The van der Waals surface area contributed by atoms with E-state index < -0.39 is 42.7 Å². The standard InChI is InChI=1S/C24H26O8S.C14H9O2S.C12H6S/c1-11-5-15(7-20(25)26)12(2)19(6-11)33-24-14(4)17(9-22(29)30)16(8-21(27)28)13(3)18(24)10-23(31)32;15-14(16)10-11-6-8-13(9-7-11)17-12-4-2-1-3-5-12;1-3-7-11(8-4-1)13-12-9-5-2-6-10-12/h5-6H,7-10H2,1-4H3,(H,25,26)(H,27,28)(H,29,30)(H,31,32);2,4-6,8-9H,10H2,(H,15,16);3,5,7-10H. The number of benzene rings is 6. The average molecular weight is 898 g/mol. The highest BCUT2D eigenvalue weighted by Crippen LogP contribution is 2.41. The fourth-order valence-electron chi connectivity index (χ4n) is 6.15. The predicted molar refractivity (Wildman–Crippen MR) is 239 cm³/mol. The van der Waals surface area contributed by atoms with Gasteiger partial charge in [0, 0.05) is 29.4 Å². The van der Waals surface area contributed by atoms with E-state index in [2.05, 4.69) is 42.5 Å². The maximum absolute atomic E-state index is 11.6. The van der Waals surface area contributed by atoms with Crippen LogP contribution in [-0.2, 0) is 56.1 Å². The number of hydrogen-bond donors (Lipinski definition) is 5. The number of aliphatic carboxylic acids is 5. The monoisotopic (exact) mass is 897 g/mol. The van der Waals surface area contributed by atoms with Crippen LogP contribution in [0.5, 0.6) is 0 Å². The summed E-state index contributed by atoms with van der Waals surface area (Å²) in [5, 5.41) is 46.2. The number of rotatable bonds is 16. The molecule has 6 aromatic carbocycles. The average Bonchev–Trinajstić information content (AvgIpc) is 3.23. The van der Waals surface area contributed by atoms with E-state index in [1.54, 1.807) is 62.5 Å². The van der Waals surface area contributed by atoms with Gasteiger partial charge in [-0.25, -0.2) is 0 Å². The highest BCUT2D eigenvalue weighted by atomic mass is 32.2. The Morgan fingerprint density at radius 2 is 0.905 bits per heavy atom. The van der Waals surface area contributed by atoms with E-state index in [9.17, 15) is 44.4 Å². The lowest BCUT2D eigenvalue weighted by molar-refractivity contribution is -0.137. The summed E-state index contributed by atoms with van der Waals surface area (Å²) in [6.45, 7) is 6.90. The van der Waals surface area contributed by atoms with Crippen LogP contribution in [0.3, 0.4) is 0 Å². The smallest absolute Gasteiger partial charge is 0.307 e. The lowest BCUT2D eigenvalue weighted by atomic mass is 9.88. The number of carbonyl (C=O) groups is 5. The molecule has 0 aliphatic rings. The zero-order valence-corrected chi connectivity index (χ0v) is 37.1. The molecule has 6 rings (SSSR count). The first-order valence-corrected chi connectivity index (χ1v) is 21.5.